The van der Waals surface area contributed by atoms with Gasteiger partial charge in [0.2, 0.25) is 0 Å². The molecule has 1 aliphatic rings. The molecule has 2 atom stereocenters. The molecule has 0 N–H and O–H groups in total. The Labute approximate surface area is 118 Å². The lowest BCUT2D eigenvalue weighted by Crippen LogP contribution is -2.55. The van der Waals surface area contributed by atoms with Gasteiger partial charge in [0.25, 0.3) is 0 Å². The maximum absolute atomic E-state index is 15.4. The third kappa shape index (κ3) is 2.42. The zero-order valence-electron chi connectivity index (χ0n) is 12.3. The zero-order valence-corrected chi connectivity index (χ0v) is 12.3. The molecule has 6 heteroatoms. The van der Waals surface area contributed by atoms with Crippen LogP contribution in [-0.2, 0) is 9.45 Å². The fourth-order valence-corrected chi connectivity index (χ4v) is 2.58. The van der Waals surface area contributed by atoms with Crippen LogP contribution < -0.4 is 5.46 Å². The predicted octanol–water partition coefficient (Wildman–Crippen LogP) is 0.986. The largest absolute Gasteiger partial charge is 0.619 e. The van der Waals surface area contributed by atoms with E-state index in [1.807, 2.05) is 13.8 Å². The fraction of sp³-hybridized carbons (Fsp3) is 0.429. The summed E-state index contributed by atoms with van der Waals surface area (Å²) in [6.07, 6.45) is 1.60. The molecule has 0 amide bonds. The van der Waals surface area contributed by atoms with E-state index in [2.05, 4.69) is 0 Å². The third-order valence-corrected chi connectivity index (χ3v) is 3.42. The van der Waals surface area contributed by atoms with E-state index in [1.165, 1.54) is 4.49 Å². The van der Waals surface area contributed by atoms with Gasteiger partial charge in [-0.1, -0.05) is 49.6 Å². The highest BCUT2D eigenvalue weighted by Gasteiger charge is 2.54. The van der Waals surface area contributed by atoms with Crippen molar-refractivity contribution < 1.29 is 18.3 Å². The average Bonchev–Trinajstić information content (AvgIpc) is 2.62. The van der Waals surface area contributed by atoms with Gasteiger partial charge in [0.15, 0.2) is 12.4 Å². The standard InChI is InChI=1S/C14H20BFN2O2/c1-11(2)13-14(19)20-15(16,18(13)10-17(3)4)12-8-6-5-7-9-12/h5-11,13H,1-4H3/b18-10+/t13-,15?/m0/s1. The van der Waals surface area contributed by atoms with Crippen LogP contribution in [0, 0.1) is 5.92 Å². The van der Waals surface area contributed by atoms with Gasteiger partial charge in [0.05, 0.1) is 14.1 Å². The lowest BCUT2D eigenvalue weighted by atomic mass is 9.66. The summed E-state index contributed by atoms with van der Waals surface area (Å²) >= 11 is 0. The molecular weight excluding hydrogens is 258 g/mol. The number of halogens is 1. The third-order valence-electron chi connectivity index (χ3n) is 3.42. The van der Waals surface area contributed by atoms with Crippen molar-refractivity contribution in [3.05, 3.63) is 30.3 Å². The Balaban J connectivity index is 2.55. The van der Waals surface area contributed by atoms with E-state index < -0.39 is 18.8 Å². The van der Waals surface area contributed by atoms with Crippen LogP contribution in [0.3, 0.4) is 0 Å². The maximum atomic E-state index is 15.4. The van der Waals surface area contributed by atoms with Gasteiger partial charge in [0.1, 0.15) is 0 Å². The van der Waals surface area contributed by atoms with Crippen molar-refractivity contribution in [3.8, 4) is 0 Å². The number of hydrogen-bond donors (Lipinski definition) is 0. The first-order valence-electron chi connectivity index (χ1n) is 6.77. The second-order valence-corrected chi connectivity index (χ2v) is 5.71. The smallest absolute Gasteiger partial charge is 0.567 e. The van der Waals surface area contributed by atoms with Gasteiger partial charge in [-0.3, -0.25) is 9.69 Å². The van der Waals surface area contributed by atoms with E-state index in [-0.39, 0.29) is 5.92 Å². The molecule has 4 nitrogen and oxygen atoms in total. The Bertz CT molecular complexity index is 533. The van der Waals surface area contributed by atoms with Crippen LogP contribution in [0.1, 0.15) is 13.8 Å². The van der Waals surface area contributed by atoms with Crippen LogP contribution in [0.4, 0.5) is 4.32 Å². The molecule has 1 heterocycles. The molecule has 1 unspecified atom stereocenters. The minimum absolute atomic E-state index is 0.0399. The average molecular weight is 278 g/mol. The Morgan fingerprint density at radius 3 is 2.45 bits per heavy atom. The minimum Gasteiger partial charge on any atom is -0.619 e. The molecule has 2 rings (SSSR count). The van der Waals surface area contributed by atoms with Crippen molar-refractivity contribution >= 4 is 24.5 Å². The summed E-state index contributed by atoms with van der Waals surface area (Å²) in [7, 11) is 3.59. The van der Waals surface area contributed by atoms with Crippen LogP contribution in [-0.4, -0.2) is 48.6 Å². The molecule has 0 aromatic heterocycles. The van der Waals surface area contributed by atoms with Gasteiger partial charge in [-0.05, 0) is 0 Å². The van der Waals surface area contributed by atoms with Crippen molar-refractivity contribution in [1.82, 2.24) is 4.90 Å². The number of rotatable bonds is 3. The number of nitrogens with zero attached hydrogens (tertiary/aromatic N) is 2. The van der Waals surface area contributed by atoms with E-state index >= 15 is 4.32 Å². The molecule has 1 aromatic rings. The summed E-state index contributed by atoms with van der Waals surface area (Å²) in [5.41, 5.74) is 0.377. The quantitative estimate of drug-likeness (QED) is 0.610. The summed E-state index contributed by atoms with van der Waals surface area (Å²) in [6, 6.07) is 7.96. The molecule has 0 bridgehead atoms. The summed E-state index contributed by atoms with van der Waals surface area (Å²) < 4.78 is 22.0. The van der Waals surface area contributed by atoms with Gasteiger partial charge >= 0.3 is 12.7 Å². The Hall–Kier alpha value is -1.85. The van der Waals surface area contributed by atoms with Crippen molar-refractivity contribution in [3.63, 3.8) is 0 Å². The summed E-state index contributed by atoms with van der Waals surface area (Å²) in [6.45, 7) is 0.749. The van der Waals surface area contributed by atoms with Gasteiger partial charge < -0.3 is 13.5 Å². The Kier molecular flexibility index (Phi) is 3.83. The molecule has 0 spiro atoms. The van der Waals surface area contributed by atoms with Crippen molar-refractivity contribution in [2.45, 2.75) is 19.9 Å². The first-order valence-corrected chi connectivity index (χ1v) is 6.77. The predicted molar refractivity (Wildman–Crippen MR) is 77.7 cm³/mol. The van der Waals surface area contributed by atoms with E-state index in [0.717, 1.165) is 0 Å². The number of carbonyl (C=O) groups excluding carboxylic acids is 1. The van der Waals surface area contributed by atoms with E-state index in [9.17, 15) is 4.79 Å². The van der Waals surface area contributed by atoms with Crippen molar-refractivity contribution in [2.24, 2.45) is 5.92 Å². The van der Waals surface area contributed by atoms with E-state index in [1.54, 1.807) is 55.7 Å². The lowest BCUT2D eigenvalue weighted by molar-refractivity contribution is -0.441. The fourth-order valence-electron chi connectivity index (χ4n) is 2.58. The Morgan fingerprint density at radius 1 is 1.35 bits per heavy atom. The molecule has 1 fully saturated rings. The van der Waals surface area contributed by atoms with Crippen LogP contribution >= 0.6 is 0 Å². The molecule has 0 aliphatic carbocycles. The molecule has 0 radical (unpaired) electrons. The van der Waals surface area contributed by atoms with E-state index in [4.69, 9.17) is 4.65 Å². The number of hydrogen-bond acceptors (Lipinski definition) is 2. The zero-order chi connectivity index (χ0) is 14.9. The summed E-state index contributed by atoms with van der Waals surface area (Å²) in [5.74, 6) is -0.550. The van der Waals surface area contributed by atoms with Crippen LogP contribution in [0.5, 0.6) is 0 Å². The first kappa shape index (κ1) is 14.6. The minimum atomic E-state index is -3.02. The van der Waals surface area contributed by atoms with Gasteiger partial charge in [-0.15, -0.1) is 0 Å². The molecule has 1 aliphatic heterocycles. The molecule has 1 saturated heterocycles. The van der Waals surface area contributed by atoms with Gasteiger partial charge in [0, 0.05) is 5.92 Å². The number of benzene rings is 1. The second kappa shape index (κ2) is 5.27. The van der Waals surface area contributed by atoms with Crippen LogP contribution in [0.2, 0.25) is 0 Å². The Morgan fingerprint density at radius 2 is 1.95 bits per heavy atom. The molecule has 1 aromatic carbocycles. The molecular formula is C14H20BFN2O2. The summed E-state index contributed by atoms with van der Waals surface area (Å²) in [5, 5.41) is 0. The topological polar surface area (TPSA) is 32.6 Å². The van der Waals surface area contributed by atoms with Crippen molar-refractivity contribution in [1.29, 1.82) is 0 Å². The maximum Gasteiger partial charge on any atom is 0.567 e. The monoisotopic (exact) mass is 278 g/mol. The van der Waals surface area contributed by atoms with Crippen LogP contribution in [0.25, 0.3) is 0 Å². The highest BCUT2D eigenvalue weighted by molar-refractivity contribution is 6.76. The van der Waals surface area contributed by atoms with Crippen LogP contribution in [0.15, 0.2) is 30.3 Å². The normalized spacial score (nSPS) is 28.0. The second-order valence-electron chi connectivity index (χ2n) is 5.71. The highest BCUT2D eigenvalue weighted by atomic mass is 19.1. The lowest BCUT2D eigenvalue weighted by Gasteiger charge is -2.27. The van der Waals surface area contributed by atoms with E-state index in [0.29, 0.717) is 5.46 Å². The SMILES string of the molecule is CC(C)[C@H]1C(=O)O[B-](F)(c2ccccc2)/[N+]1=C/N(C)C. The molecule has 20 heavy (non-hydrogen) atoms. The highest BCUT2D eigenvalue weighted by Crippen LogP contribution is 2.25. The molecule has 0 saturated carbocycles. The van der Waals surface area contributed by atoms with Crippen molar-refractivity contribution in [2.75, 3.05) is 14.1 Å². The van der Waals surface area contributed by atoms with Gasteiger partial charge in [-0.2, -0.15) is 0 Å². The summed E-state index contributed by atoms with van der Waals surface area (Å²) in [4.78, 5) is 13.8. The number of carbonyl (C=O) groups is 1. The first-order chi connectivity index (χ1) is 9.36. The van der Waals surface area contributed by atoms with Gasteiger partial charge in [-0.25, -0.2) is 0 Å². The molecule has 108 valence electrons.